The number of carbonyl (C=O) groups is 1. The van der Waals surface area contributed by atoms with Crippen LogP contribution in [0.1, 0.15) is 18.4 Å². The fraction of sp³-hybridized carbons (Fsp3) is 0.316. The Morgan fingerprint density at radius 3 is 2.50 bits per heavy atom. The van der Waals surface area contributed by atoms with Crippen molar-refractivity contribution in [1.29, 1.82) is 0 Å². The molecule has 24 heavy (non-hydrogen) atoms. The first-order valence-corrected chi connectivity index (χ1v) is 8.25. The lowest BCUT2D eigenvalue weighted by molar-refractivity contribution is 0.171. The lowest BCUT2D eigenvalue weighted by Crippen LogP contribution is -2.35. The minimum absolute atomic E-state index is 0.103. The van der Waals surface area contributed by atoms with E-state index in [2.05, 4.69) is 22.8 Å². The molecule has 1 saturated carbocycles. The van der Waals surface area contributed by atoms with Crippen molar-refractivity contribution in [3.63, 3.8) is 0 Å². The summed E-state index contributed by atoms with van der Waals surface area (Å²) in [6.45, 7) is 1.73. The molecular weight excluding hydrogens is 304 g/mol. The number of fused-ring (bicyclic) bond motifs is 1. The van der Waals surface area contributed by atoms with Crippen LogP contribution < -0.4 is 20.1 Å². The van der Waals surface area contributed by atoms with E-state index in [-0.39, 0.29) is 11.4 Å². The quantitative estimate of drug-likeness (QED) is 0.907. The average molecular weight is 324 g/mol. The molecule has 0 spiro atoms. The van der Waals surface area contributed by atoms with Crippen molar-refractivity contribution in [2.45, 2.75) is 18.3 Å². The van der Waals surface area contributed by atoms with Crippen LogP contribution in [0, 0.1) is 0 Å². The van der Waals surface area contributed by atoms with E-state index in [9.17, 15) is 4.79 Å². The van der Waals surface area contributed by atoms with Crippen LogP contribution in [0.3, 0.4) is 0 Å². The van der Waals surface area contributed by atoms with E-state index in [1.807, 2.05) is 30.3 Å². The number of rotatable bonds is 4. The first-order chi connectivity index (χ1) is 11.8. The lowest BCUT2D eigenvalue weighted by Gasteiger charge is -2.19. The monoisotopic (exact) mass is 324 g/mol. The molecular formula is C19H20N2O3. The number of carbonyl (C=O) groups excluding carboxylic acids is 1. The Kier molecular flexibility index (Phi) is 3.76. The summed E-state index contributed by atoms with van der Waals surface area (Å²) in [7, 11) is 0. The van der Waals surface area contributed by atoms with Gasteiger partial charge in [-0.15, -0.1) is 0 Å². The molecule has 1 fully saturated rings. The van der Waals surface area contributed by atoms with E-state index in [4.69, 9.17) is 9.47 Å². The maximum atomic E-state index is 12.2. The molecule has 5 nitrogen and oxygen atoms in total. The summed E-state index contributed by atoms with van der Waals surface area (Å²) >= 11 is 0. The Morgan fingerprint density at radius 2 is 1.75 bits per heavy atom. The Labute approximate surface area is 141 Å². The Balaban J connectivity index is 1.36. The average Bonchev–Trinajstić information content (AvgIpc) is 3.42. The summed E-state index contributed by atoms with van der Waals surface area (Å²) in [5.74, 6) is 1.38. The van der Waals surface area contributed by atoms with Crippen LogP contribution in [0.4, 0.5) is 10.5 Å². The Hall–Kier alpha value is -2.69. The van der Waals surface area contributed by atoms with Gasteiger partial charge in [0.2, 0.25) is 0 Å². The molecule has 0 unspecified atom stereocenters. The summed E-state index contributed by atoms with van der Waals surface area (Å²) < 4.78 is 11.0. The fourth-order valence-electron chi connectivity index (χ4n) is 3.06. The molecule has 1 aliphatic heterocycles. The number of benzene rings is 2. The molecule has 0 aromatic heterocycles. The Morgan fingerprint density at radius 1 is 1.00 bits per heavy atom. The summed E-state index contributed by atoms with van der Waals surface area (Å²) in [6.07, 6.45) is 2.22. The second kappa shape index (κ2) is 6.07. The van der Waals surface area contributed by atoms with Crippen molar-refractivity contribution in [3.8, 4) is 11.5 Å². The molecule has 4 rings (SSSR count). The van der Waals surface area contributed by atoms with Crippen molar-refractivity contribution in [2.75, 3.05) is 25.1 Å². The molecule has 0 saturated heterocycles. The predicted molar refractivity (Wildman–Crippen MR) is 91.8 cm³/mol. The molecule has 2 N–H and O–H groups in total. The topological polar surface area (TPSA) is 59.6 Å². The van der Waals surface area contributed by atoms with Gasteiger partial charge in [0, 0.05) is 23.7 Å². The van der Waals surface area contributed by atoms with Crippen molar-refractivity contribution in [3.05, 3.63) is 54.1 Å². The van der Waals surface area contributed by atoms with Gasteiger partial charge < -0.3 is 20.1 Å². The zero-order valence-electron chi connectivity index (χ0n) is 13.4. The first-order valence-electron chi connectivity index (χ1n) is 8.25. The molecule has 5 heteroatoms. The molecule has 124 valence electrons. The third kappa shape index (κ3) is 3.02. The molecule has 2 aromatic carbocycles. The number of anilines is 1. The van der Waals surface area contributed by atoms with Gasteiger partial charge in [-0.2, -0.15) is 0 Å². The van der Waals surface area contributed by atoms with Crippen LogP contribution in [0.2, 0.25) is 0 Å². The normalized spacial score (nSPS) is 17.0. The first kappa shape index (κ1) is 14.9. The van der Waals surface area contributed by atoms with E-state index in [1.54, 1.807) is 6.07 Å². The molecule has 0 bridgehead atoms. The number of ether oxygens (including phenoxy) is 2. The number of amides is 2. The zero-order chi connectivity index (χ0) is 16.4. The van der Waals surface area contributed by atoms with Gasteiger partial charge in [0.1, 0.15) is 13.2 Å². The van der Waals surface area contributed by atoms with E-state index < -0.39 is 0 Å². The van der Waals surface area contributed by atoms with Gasteiger partial charge in [0.25, 0.3) is 0 Å². The van der Waals surface area contributed by atoms with E-state index >= 15 is 0 Å². The van der Waals surface area contributed by atoms with Crippen molar-refractivity contribution >= 4 is 11.7 Å². The maximum Gasteiger partial charge on any atom is 0.319 e. The summed E-state index contributed by atoms with van der Waals surface area (Å²) in [4.78, 5) is 12.2. The van der Waals surface area contributed by atoms with Gasteiger partial charge in [-0.25, -0.2) is 4.79 Å². The van der Waals surface area contributed by atoms with E-state index in [0.29, 0.717) is 36.9 Å². The third-order valence-corrected chi connectivity index (χ3v) is 4.63. The third-order valence-electron chi connectivity index (χ3n) is 4.63. The zero-order valence-corrected chi connectivity index (χ0v) is 13.4. The van der Waals surface area contributed by atoms with Crippen LogP contribution in [-0.2, 0) is 5.41 Å². The van der Waals surface area contributed by atoms with Crippen LogP contribution in [0.25, 0.3) is 0 Å². The van der Waals surface area contributed by atoms with Gasteiger partial charge in [-0.3, -0.25) is 0 Å². The summed E-state index contributed by atoms with van der Waals surface area (Å²) in [6, 6.07) is 15.6. The maximum absolute atomic E-state index is 12.2. The molecule has 2 aliphatic rings. The predicted octanol–water partition coefficient (Wildman–Crippen LogP) is 3.31. The lowest BCUT2D eigenvalue weighted by atomic mass is 9.96. The summed E-state index contributed by atoms with van der Waals surface area (Å²) in [5.41, 5.74) is 2.09. The van der Waals surface area contributed by atoms with Gasteiger partial charge in [0.05, 0.1) is 0 Å². The second-order valence-corrected chi connectivity index (χ2v) is 6.31. The van der Waals surface area contributed by atoms with Gasteiger partial charge >= 0.3 is 6.03 Å². The Bertz CT molecular complexity index is 742. The smallest absolute Gasteiger partial charge is 0.319 e. The SMILES string of the molecule is O=C(NCC1(c2ccccc2)CC1)Nc1ccc2c(c1)OCCO2. The van der Waals surface area contributed by atoms with Gasteiger partial charge in [0.15, 0.2) is 11.5 Å². The van der Waals surface area contributed by atoms with E-state index in [0.717, 1.165) is 12.8 Å². The number of urea groups is 1. The van der Waals surface area contributed by atoms with Crippen LogP contribution in [-0.4, -0.2) is 25.8 Å². The highest BCUT2D eigenvalue weighted by Gasteiger charge is 2.44. The standard InChI is InChI=1S/C19H20N2O3/c22-18(20-13-19(8-9-19)14-4-2-1-3-5-14)21-15-6-7-16-17(12-15)24-11-10-23-16/h1-7,12H,8-11,13H2,(H2,20,21,22). The molecule has 0 atom stereocenters. The fourth-order valence-corrected chi connectivity index (χ4v) is 3.06. The molecule has 2 aromatic rings. The highest BCUT2D eigenvalue weighted by Crippen LogP contribution is 2.47. The van der Waals surface area contributed by atoms with Crippen molar-refractivity contribution in [1.82, 2.24) is 5.32 Å². The molecule has 1 aliphatic carbocycles. The van der Waals surface area contributed by atoms with Crippen LogP contribution in [0.15, 0.2) is 48.5 Å². The minimum Gasteiger partial charge on any atom is -0.486 e. The largest absolute Gasteiger partial charge is 0.486 e. The van der Waals surface area contributed by atoms with Crippen LogP contribution >= 0.6 is 0 Å². The van der Waals surface area contributed by atoms with Gasteiger partial charge in [-0.1, -0.05) is 30.3 Å². The van der Waals surface area contributed by atoms with Crippen molar-refractivity contribution < 1.29 is 14.3 Å². The minimum atomic E-state index is -0.200. The summed E-state index contributed by atoms with van der Waals surface area (Å²) in [5, 5.41) is 5.85. The van der Waals surface area contributed by atoms with E-state index in [1.165, 1.54) is 5.56 Å². The highest BCUT2D eigenvalue weighted by molar-refractivity contribution is 5.89. The van der Waals surface area contributed by atoms with Gasteiger partial charge in [-0.05, 0) is 30.5 Å². The number of nitrogens with one attached hydrogen (secondary N) is 2. The molecule has 0 radical (unpaired) electrons. The highest BCUT2D eigenvalue weighted by atomic mass is 16.6. The second-order valence-electron chi connectivity index (χ2n) is 6.31. The number of hydrogen-bond donors (Lipinski definition) is 2. The van der Waals surface area contributed by atoms with Crippen molar-refractivity contribution in [2.24, 2.45) is 0 Å². The van der Waals surface area contributed by atoms with Crippen LogP contribution in [0.5, 0.6) is 11.5 Å². The molecule has 2 amide bonds. The number of hydrogen-bond acceptors (Lipinski definition) is 3. The molecule has 1 heterocycles.